The van der Waals surface area contributed by atoms with E-state index in [2.05, 4.69) is 19.7 Å². The van der Waals surface area contributed by atoms with E-state index in [0.717, 1.165) is 53.4 Å². The molecule has 9 nitrogen and oxygen atoms in total. The molecule has 1 aromatic carbocycles. The standard InChI is InChI=1S/C21H20N6O3/c1-26-10-12-8-16-19(20-23-21(30-25-20)17-4-3-7-29-17)22-11-27(16)15-6-5-13(28-2)9-14(15)18(12)24-26/h5-6,9-11,17H,3-4,7-8H2,1-2H3. The van der Waals surface area contributed by atoms with Gasteiger partial charge in [0.15, 0.2) is 0 Å². The summed E-state index contributed by atoms with van der Waals surface area (Å²) in [6, 6.07) is 5.99. The van der Waals surface area contributed by atoms with Crippen LogP contribution < -0.4 is 4.74 Å². The normalized spacial score (nSPS) is 17.3. The Morgan fingerprint density at radius 1 is 1.23 bits per heavy atom. The van der Waals surface area contributed by atoms with Crippen molar-refractivity contribution in [3.63, 3.8) is 0 Å². The molecule has 1 unspecified atom stereocenters. The summed E-state index contributed by atoms with van der Waals surface area (Å²) in [7, 11) is 3.60. The number of methoxy groups -OCH3 is 1. The van der Waals surface area contributed by atoms with E-state index in [9.17, 15) is 0 Å². The Morgan fingerprint density at radius 2 is 2.17 bits per heavy atom. The summed E-state index contributed by atoms with van der Waals surface area (Å²) in [5.74, 6) is 1.79. The van der Waals surface area contributed by atoms with E-state index in [1.165, 1.54) is 0 Å². The van der Waals surface area contributed by atoms with Crippen LogP contribution in [0.3, 0.4) is 0 Å². The topological polar surface area (TPSA) is 93.0 Å². The second-order valence-electron chi connectivity index (χ2n) is 7.60. The number of aromatic nitrogens is 6. The Balaban J connectivity index is 1.51. The molecule has 5 heterocycles. The predicted octanol–water partition coefficient (Wildman–Crippen LogP) is 3.09. The van der Waals surface area contributed by atoms with Crippen molar-refractivity contribution in [2.45, 2.75) is 25.4 Å². The first-order chi connectivity index (χ1) is 14.7. The van der Waals surface area contributed by atoms with Crippen LogP contribution in [0.4, 0.5) is 0 Å². The van der Waals surface area contributed by atoms with Gasteiger partial charge in [-0.2, -0.15) is 10.1 Å². The van der Waals surface area contributed by atoms with E-state index >= 15 is 0 Å². The van der Waals surface area contributed by atoms with Gasteiger partial charge in [-0.15, -0.1) is 0 Å². The number of hydrogen-bond acceptors (Lipinski definition) is 7. The Kier molecular flexibility index (Phi) is 3.79. The number of hydrogen-bond donors (Lipinski definition) is 0. The van der Waals surface area contributed by atoms with Crippen LogP contribution in [0.2, 0.25) is 0 Å². The van der Waals surface area contributed by atoms with Crippen LogP contribution in [0.5, 0.6) is 5.75 Å². The van der Waals surface area contributed by atoms with Gasteiger partial charge in [0.1, 0.15) is 23.9 Å². The van der Waals surface area contributed by atoms with E-state index in [-0.39, 0.29) is 6.10 Å². The molecular formula is C21H20N6O3. The third-order valence-electron chi connectivity index (χ3n) is 5.71. The van der Waals surface area contributed by atoms with Crippen LogP contribution in [0.25, 0.3) is 28.5 Å². The first kappa shape index (κ1) is 17.4. The molecule has 0 aliphatic carbocycles. The molecule has 0 bridgehead atoms. The van der Waals surface area contributed by atoms with Crippen molar-refractivity contribution >= 4 is 0 Å². The van der Waals surface area contributed by atoms with Crippen molar-refractivity contribution in [1.82, 2.24) is 29.5 Å². The maximum atomic E-state index is 5.68. The highest BCUT2D eigenvalue weighted by molar-refractivity contribution is 5.77. The van der Waals surface area contributed by atoms with Crippen molar-refractivity contribution in [1.29, 1.82) is 0 Å². The Hall–Kier alpha value is -3.46. The molecule has 1 fully saturated rings. The summed E-state index contributed by atoms with van der Waals surface area (Å²) in [6.07, 6.45) is 6.29. The lowest BCUT2D eigenvalue weighted by Crippen LogP contribution is -2.01. The number of aryl methyl sites for hydroxylation is 1. The molecule has 2 aliphatic heterocycles. The molecule has 152 valence electrons. The average Bonchev–Trinajstić information content (AvgIpc) is 3.53. The Morgan fingerprint density at radius 3 is 3.00 bits per heavy atom. The fraction of sp³-hybridized carbons (Fsp3) is 0.333. The molecule has 3 aromatic heterocycles. The van der Waals surface area contributed by atoms with E-state index < -0.39 is 0 Å². The minimum Gasteiger partial charge on any atom is -0.497 e. The maximum absolute atomic E-state index is 5.68. The molecule has 0 radical (unpaired) electrons. The number of fused-ring (bicyclic) bond motifs is 5. The number of benzene rings is 1. The molecule has 0 saturated carbocycles. The third-order valence-corrected chi connectivity index (χ3v) is 5.71. The van der Waals surface area contributed by atoms with Gasteiger partial charge in [-0.05, 0) is 31.0 Å². The summed E-state index contributed by atoms with van der Waals surface area (Å²) in [6.45, 7) is 0.728. The maximum Gasteiger partial charge on any atom is 0.256 e. The van der Waals surface area contributed by atoms with Gasteiger partial charge >= 0.3 is 0 Å². The minimum absolute atomic E-state index is 0.120. The van der Waals surface area contributed by atoms with Crippen molar-refractivity contribution in [3.05, 3.63) is 47.9 Å². The lowest BCUT2D eigenvalue weighted by molar-refractivity contribution is 0.0835. The van der Waals surface area contributed by atoms with Crippen LogP contribution in [-0.4, -0.2) is 43.2 Å². The predicted molar refractivity (Wildman–Crippen MR) is 106 cm³/mol. The molecule has 9 heteroatoms. The quantitative estimate of drug-likeness (QED) is 0.456. The zero-order valence-corrected chi connectivity index (χ0v) is 16.7. The van der Waals surface area contributed by atoms with Crippen LogP contribution in [0.1, 0.15) is 36.1 Å². The van der Waals surface area contributed by atoms with Crippen molar-refractivity contribution in [2.75, 3.05) is 13.7 Å². The van der Waals surface area contributed by atoms with E-state index in [0.29, 0.717) is 23.8 Å². The summed E-state index contributed by atoms with van der Waals surface area (Å²) >= 11 is 0. The lowest BCUT2D eigenvalue weighted by atomic mass is 10.0. The highest BCUT2D eigenvalue weighted by Crippen LogP contribution is 2.39. The summed E-state index contributed by atoms with van der Waals surface area (Å²) in [4.78, 5) is 9.25. The zero-order valence-electron chi connectivity index (χ0n) is 16.7. The molecule has 2 aliphatic rings. The molecule has 1 saturated heterocycles. The average molecular weight is 404 g/mol. The van der Waals surface area contributed by atoms with Crippen LogP contribution >= 0.6 is 0 Å². The van der Waals surface area contributed by atoms with Gasteiger partial charge in [-0.1, -0.05) is 5.16 Å². The van der Waals surface area contributed by atoms with Crippen LogP contribution in [-0.2, 0) is 18.2 Å². The summed E-state index contributed by atoms with van der Waals surface area (Å²) in [5, 5.41) is 8.91. The summed E-state index contributed by atoms with van der Waals surface area (Å²) < 4.78 is 20.5. The number of imidazole rings is 1. The molecule has 0 N–H and O–H groups in total. The SMILES string of the molecule is COc1ccc2c(c1)-c1nn(C)cc1Cc1c(-c3noc(C4CCCO4)n3)ncn1-2. The van der Waals surface area contributed by atoms with Crippen molar-refractivity contribution < 1.29 is 14.0 Å². The molecule has 1 atom stereocenters. The minimum atomic E-state index is -0.120. The third kappa shape index (κ3) is 2.58. The molecular weight excluding hydrogens is 384 g/mol. The molecule has 30 heavy (non-hydrogen) atoms. The van der Waals surface area contributed by atoms with E-state index in [4.69, 9.17) is 19.1 Å². The number of ether oxygens (including phenoxy) is 2. The van der Waals surface area contributed by atoms with E-state index in [1.807, 2.05) is 42.5 Å². The Labute approximate surface area is 172 Å². The smallest absolute Gasteiger partial charge is 0.256 e. The molecule has 0 spiro atoms. The highest BCUT2D eigenvalue weighted by Gasteiger charge is 2.29. The van der Waals surface area contributed by atoms with Crippen LogP contribution in [0, 0.1) is 0 Å². The number of rotatable bonds is 3. The largest absolute Gasteiger partial charge is 0.497 e. The molecule has 6 rings (SSSR count). The first-order valence-electron chi connectivity index (χ1n) is 9.94. The fourth-order valence-corrected chi connectivity index (χ4v) is 4.29. The second-order valence-corrected chi connectivity index (χ2v) is 7.60. The second kappa shape index (κ2) is 6.53. The van der Waals surface area contributed by atoms with Gasteiger partial charge in [0.2, 0.25) is 5.82 Å². The first-order valence-corrected chi connectivity index (χ1v) is 9.94. The van der Waals surface area contributed by atoms with Gasteiger partial charge < -0.3 is 18.6 Å². The van der Waals surface area contributed by atoms with Gasteiger partial charge in [-0.3, -0.25) is 4.68 Å². The highest BCUT2D eigenvalue weighted by atomic mass is 16.5. The fourth-order valence-electron chi connectivity index (χ4n) is 4.29. The molecule has 4 aromatic rings. The summed E-state index contributed by atoms with van der Waals surface area (Å²) in [5.41, 5.74) is 5.74. The van der Waals surface area contributed by atoms with Crippen LogP contribution in [0.15, 0.2) is 35.2 Å². The monoisotopic (exact) mass is 404 g/mol. The van der Waals surface area contributed by atoms with Crippen molar-refractivity contribution in [3.8, 4) is 34.2 Å². The Bertz CT molecular complexity index is 1250. The lowest BCUT2D eigenvalue weighted by Gasteiger charge is -2.11. The van der Waals surface area contributed by atoms with Gasteiger partial charge in [0, 0.05) is 37.4 Å². The zero-order chi connectivity index (χ0) is 20.2. The van der Waals surface area contributed by atoms with Crippen molar-refractivity contribution in [2.24, 2.45) is 7.05 Å². The molecule has 0 amide bonds. The van der Waals surface area contributed by atoms with Gasteiger partial charge in [-0.25, -0.2) is 4.98 Å². The number of nitrogens with zero attached hydrogens (tertiary/aromatic N) is 6. The van der Waals surface area contributed by atoms with Gasteiger partial charge in [0.25, 0.3) is 5.89 Å². The van der Waals surface area contributed by atoms with Gasteiger partial charge in [0.05, 0.1) is 24.2 Å². The van der Waals surface area contributed by atoms with E-state index in [1.54, 1.807) is 7.11 Å².